The van der Waals surface area contributed by atoms with E-state index in [9.17, 15) is 0 Å². The number of aromatic nitrogens is 1. The van der Waals surface area contributed by atoms with Gasteiger partial charge in [0.1, 0.15) is 5.01 Å². The summed E-state index contributed by atoms with van der Waals surface area (Å²) >= 11 is 1.64. The molecule has 3 rings (SSSR count). The number of rotatable bonds is 5. The highest BCUT2D eigenvalue weighted by atomic mass is 32.1. The minimum atomic E-state index is 0.269. The second-order valence-electron chi connectivity index (χ2n) is 6.14. The van der Waals surface area contributed by atoms with Gasteiger partial charge in [0.2, 0.25) is 0 Å². The Morgan fingerprint density at radius 1 is 1.21 bits per heavy atom. The molecule has 1 aliphatic rings. The summed E-state index contributed by atoms with van der Waals surface area (Å²) < 4.78 is 16.7. The highest BCUT2D eigenvalue weighted by Crippen LogP contribution is 2.39. The maximum atomic E-state index is 5.79. The van der Waals surface area contributed by atoms with Crippen LogP contribution in [0.15, 0.2) is 23.6 Å². The van der Waals surface area contributed by atoms with Crippen LogP contribution in [0.5, 0.6) is 11.5 Å². The van der Waals surface area contributed by atoms with Gasteiger partial charge >= 0.3 is 0 Å². The summed E-state index contributed by atoms with van der Waals surface area (Å²) in [5.74, 6) is 1.46. The Balaban J connectivity index is 1.79. The normalized spacial score (nSPS) is 21.7. The SMILES string of the molecule is COc1cccc(-c2nc(CN3C[C@@H](C)O[C@H](C)C3)cs2)c1OC. The molecule has 2 atom stereocenters. The van der Waals surface area contributed by atoms with Crippen LogP contribution in [0.3, 0.4) is 0 Å². The zero-order valence-electron chi connectivity index (χ0n) is 14.6. The average molecular weight is 348 g/mol. The lowest BCUT2D eigenvalue weighted by Gasteiger charge is -2.34. The highest BCUT2D eigenvalue weighted by Gasteiger charge is 2.23. The lowest BCUT2D eigenvalue weighted by molar-refractivity contribution is -0.0707. The van der Waals surface area contributed by atoms with E-state index in [1.165, 1.54) is 0 Å². The van der Waals surface area contributed by atoms with Crippen LogP contribution in [-0.4, -0.2) is 49.4 Å². The molecule has 0 aliphatic carbocycles. The molecule has 6 heteroatoms. The number of para-hydroxylation sites is 1. The molecule has 1 aliphatic heterocycles. The number of methoxy groups -OCH3 is 2. The maximum Gasteiger partial charge on any atom is 0.170 e. The van der Waals surface area contributed by atoms with Gasteiger partial charge in [0.25, 0.3) is 0 Å². The van der Waals surface area contributed by atoms with Crippen molar-refractivity contribution in [2.75, 3.05) is 27.3 Å². The summed E-state index contributed by atoms with van der Waals surface area (Å²) in [5, 5.41) is 3.08. The van der Waals surface area contributed by atoms with Gasteiger partial charge in [-0.2, -0.15) is 0 Å². The van der Waals surface area contributed by atoms with E-state index < -0.39 is 0 Å². The fourth-order valence-electron chi connectivity index (χ4n) is 3.20. The van der Waals surface area contributed by atoms with E-state index in [-0.39, 0.29) is 12.2 Å². The smallest absolute Gasteiger partial charge is 0.170 e. The third kappa shape index (κ3) is 3.71. The van der Waals surface area contributed by atoms with Crippen molar-refractivity contribution in [3.8, 4) is 22.1 Å². The minimum absolute atomic E-state index is 0.269. The number of nitrogens with zero attached hydrogens (tertiary/aromatic N) is 2. The van der Waals surface area contributed by atoms with Gasteiger partial charge in [0, 0.05) is 25.0 Å². The van der Waals surface area contributed by atoms with Gasteiger partial charge in [-0.1, -0.05) is 6.07 Å². The number of ether oxygens (including phenoxy) is 3. The quantitative estimate of drug-likeness (QED) is 0.828. The largest absolute Gasteiger partial charge is 0.493 e. The summed E-state index contributed by atoms with van der Waals surface area (Å²) in [6.07, 6.45) is 0.538. The van der Waals surface area contributed by atoms with E-state index in [0.29, 0.717) is 0 Å². The first-order valence-electron chi connectivity index (χ1n) is 8.14. The lowest BCUT2D eigenvalue weighted by atomic mass is 10.2. The Bertz CT molecular complexity index is 679. The first-order chi connectivity index (χ1) is 11.6. The maximum absolute atomic E-state index is 5.79. The molecule has 2 aromatic rings. The summed E-state index contributed by atoms with van der Waals surface area (Å²) in [6.45, 7) is 6.98. The molecule has 0 saturated carbocycles. The fraction of sp³-hybridized carbons (Fsp3) is 0.500. The van der Waals surface area contributed by atoms with Crippen LogP contribution in [0.4, 0.5) is 0 Å². The average Bonchev–Trinajstić information content (AvgIpc) is 3.01. The molecule has 1 aromatic carbocycles. The van der Waals surface area contributed by atoms with E-state index in [2.05, 4.69) is 24.1 Å². The first-order valence-corrected chi connectivity index (χ1v) is 9.02. The lowest BCUT2D eigenvalue weighted by Crippen LogP contribution is -2.44. The Morgan fingerprint density at radius 3 is 2.62 bits per heavy atom. The van der Waals surface area contributed by atoms with E-state index in [4.69, 9.17) is 19.2 Å². The van der Waals surface area contributed by atoms with Crippen molar-refractivity contribution in [3.63, 3.8) is 0 Å². The van der Waals surface area contributed by atoms with E-state index >= 15 is 0 Å². The van der Waals surface area contributed by atoms with Crippen LogP contribution >= 0.6 is 11.3 Å². The molecule has 1 aromatic heterocycles. The van der Waals surface area contributed by atoms with Crippen molar-refractivity contribution >= 4 is 11.3 Å². The third-order valence-electron chi connectivity index (χ3n) is 4.07. The van der Waals surface area contributed by atoms with Gasteiger partial charge in [0.05, 0.1) is 37.7 Å². The summed E-state index contributed by atoms with van der Waals surface area (Å²) in [4.78, 5) is 7.21. The molecule has 5 nitrogen and oxygen atoms in total. The van der Waals surface area contributed by atoms with Gasteiger partial charge in [0.15, 0.2) is 11.5 Å². The van der Waals surface area contributed by atoms with Gasteiger partial charge in [-0.25, -0.2) is 4.98 Å². The predicted octanol–water partition coefficient (Wildman–Crippen LogP) is 3.44. The summed E-state index contributed by atoms with van der Waals surface area (Å²) in [7, 11) is 3.31. The van der Waals surface area contributed by atoms with Crippen LogP contribution < -0.4 is 9.47 Å². The predicted molar refractivity (Wildman–Crippen MR) is 95.9 cm³/mol. The van der Waals surface area contributed by atoms with E-state index in [1.807, 2.05) is 18.2 Å². The molecule has 130 valence electrons. The second-order valence-corrected chi connectivity index (χ2v) is 6.99. The molecule has 0 N–H and O–H groups in total. The Hall–Kier alpha value is -1.63. The standard InChI is InChI=1S/C18H24N2O3S/c1-12-8-20(9-13(2)23-12)10-14-11-24-18(19-14)15-6-5-7-16(21-3)17(15)22-4/h5-7,11-13H,8-10H2,1-4H3/t12-,13-/m1/s1. The van der Waals surface area contributed by atoms with Gasteiger partial charge in [-0.15, -0.1) is 11.3 Å². The molecule has 0 unspecified atom stereocenters. The highest BCUT2D eigenvalue weighted by molar-refractivity contribution is 7.13. The Labute approximate surface area is 147 Å². The molecule has 1 fully saturated rings. The number of thiazole rings is 1. The van der Waals surface area contributed by atoms with Crippen molar-refractivity contribution in [2.45, 2.75) is 32.6 Å². The van der Waals surface area contributed by atoms with E-state index in [1.54, 1.807) is 25.6 Å². The molecule has 0 radical (unpaired) electrons. The second kappa shape index (κ2) is 7.51. The van der Waals surface area contributed by atoms with Crippen LogP contribution in [0.25, 0.3) is 10.6 Å². The number of morpholine rings is 1. The molecule has 2 heterocycles. The topological polar surface area (TPSA) is 43.8 Å². The van der Waals surface area contributed by atoms with Gasteiger partial charge in [-0.05, 0) is 26.0 Å². The number of hydrogen-bond donors (Lipinski definition) is 0. The monoisotopic (exact) mass is 348 g/mol. The Kier molecular flexibility index (Phi) is 5.38. The zero-order valence-corrected chi connectivity index (χ0v) is 15.4. The van der Waals surface area contributed by atoms with E-state index in [0.717, 1.165) is 47.4 Å². The van der Waals surface area contributed by atoms with Crippen LogP contribution in [-0.2, 0) is 11.3 Å². The molecule has 0 amide bonds. The van der Waals surface area contributed by atoms with Gasteiger partial charge in [-0.3, -0.25) is 4.90 Å². The first kappa shape index (κ1) is 17.2. The van der Waals surface area contributed by atoms with Crippen molar-refractivity contribution in [3.05, 3.63) is 29.3 Å². The van der Waals surface area contributed by atoms with Crippen LogP contribution in [0.1, 0.15) is 19.5 Å². The summed E-state index contributed by atoms with van der Waals surface area (Å²) in [5.41, 5.74) is 2.05. The van der Waals surface area contributed by atoms with Crippen LogP contribution in [0.2, 0.25) is 0 Å². The van der Waals surface area contributed by atoms with Crippen molar-refractivity contribution < 1.29 is 14.2 Å². The number of benzene rings is 1. The van der Waals surface area contributed by atoms with Crippen molar-refractivity contribution in [1.29, 1.82) is 0 Å². The van der Waals surface area contributed by atoms with Crippen molar-refractivity contribution in [1.82, 2.24) is 9.88 Å². The molecule has 24 heavy (non-hydrogen) atoms. The molecular weight excluding hydrogens is 324 g/mol. The molecule has 0 spiro atoms. The molecular formula is C18H24N2O3S. The van der Waals surface area contributed by atoms with Crippen LogP contribution in [0, 0.1) is 0 Å². The van der Waals surface area contributed by atoms with Crippen molar-refractivity contribution in [2.24, 2.45) is 0 Å². The fourth-order valence-corrected chi connectivity index (χ4v) is 4.03. The van der Waals surface area contributed by atoms with Gasteiger partial charge < -0.3 is 14.2 Å². The molecule has 1 saturated heterocycles. The molecule has 0 bridgehead atoms. The Morgan fingerprint density at radius 2 is 1.96 bits per heavy atom. The number of hydrogen-bond acceptors (Lipinski definition) is 6. The zero-order chi connectivity index (χ0) is 17.1. The third-order valence-corrected chi connectivity index (χ3v) is 4.99. The minimum Gasteiger partial charge on any atom is -0.493 e. The summed E-state index contributed by atoms with van der Waals surface area (Å²) in [6, 6.07) is 5.87.